The fraction of sp³-hybridized carbons (Fsp3) is 0.0714. The Morgan fingerprint density at radius 3 is 2.65 bits per heavy atom. The fourth-order valence-corrected chi connectivity index (χ4v) is 4.56. The molecule has 4 aromatic rings. The first-order valence-electron chi connectivity index (χ1n) is 10.5. The van der Waals surface area contributed by atoms with Crippen molar-refractivity contribution in [3.8, 4) is 5.75 Å². The first kappa shape index (κ1) is 17.8. The number of hydrogen-bond donors (Lipinski definition) is 0. The second-order valence-corrected chi connectivity index (χ2v) is 7.81. The van der Waals surface area contributed by atoms with E-state index in [2.05, 4.69) is 71.7 Å². The molecule has 0 bridgehead atoms. The van der Waals surface area contributed by atoms with Crippen LogP contribution in [-0.2, 0) is 0 Å². The molecule has 0 saturated carbocycles. The molecule has 2 aliphatic carbocycles. The number of benzene rings is 2. The maximum atomic E-state index is 6.56. The molecule has 0 spiro atoms. The lowest BCUT2D eigenvalue weighted by Gasteiger charge is -2.29. The predicted molar refractivity (Wildman–Crippen MR) is 124 cm³/mol. The van der Waals surface area contributed by atoms with Crippen molar-refractivity contribution in [2.45, 2.75) is 6.42 Å². The molecule has 2 aliphatic rings. The van der Waals surface area contributed by atoms with E-state index in [1.165, 1.54) is 16.7 Å². The Morgan fingerprint density at radius 2 is 1.71 bits per heavy atom. The van der Waals surface area contributed by atoms with Gasteiger partial charge in [0.15, 0.2) is 0 Å². The zero-order valence-electron chi connectivity index (χ0n) is 16.9. The Bertz CT molecular complexity index is 1480. The molecule has 0 fully saturated rings. The summed E-state index contributed by atoms with van der Waals surface area (Å²) in [5, 5.41) is 3.13. The summed E-state index contributed by atoms with van der Waals surface area (Å²) in [6.45, 7) is 0. The van der Waals surface area contributed by atoms with Crippen molar-refractivity contribution >= 4 is 22.2 Å². The number of pyridine rings is 2. The van der Waals surface area contributed by atoms with E-state index in [1.807, 2.05) is 36.7 Å². The summed E-state index contributed by atoms with van der Waals surface area (Å²) in [5.41, 5.74) is 4.60. The summed E-state index contributed by atoms with van der Waals surface area (Å²) < 4.78 is 6.56. The Hall–Kier alpha value is -3.98. The van der Waals surface area contributed by atoms with Gasteiger partial charge in [0.1, 0.15) is 11.5 Å². The number of rotatable bonds is 3. The standard InChI is InChI=1S/C28H20N2O/c1-2-8-20(9-3-1)26-22-11-4-5-12-23(22)28(24-13-7-17-30-27(24)26)31-21-15-14-19-10-6-16-29-25(19)18-21/h1-10,12-18,22H,11H2. The van der Waals surface area contributed by atoms with Crippen LogP contribution in [0.15, 0.2) is 109 Å². The minimum Gasteiger partial charge on any atom is -0.456 e. The van der Waals surface area contributed by atoms with Gasteiger partial charge in [-0.3, -0.25) is 9.97 Å². The topological polar surface area (TPSA) is 35.0 Å². The third kappa shape index (κ3) is 3.06. The van der Waals surface area contributed by atoms with Crippen LogP contribution in [0.4, 0.5) is 0 Å². The normalized spacial score (nSPS) is 17.2. The molecule has 1 unspecified atom stereocenters. The summed E-state index contributed by atoms with van der Waals surface area (Å²) in [4.78, 5) is 9.29. The second-order valence-electron chi connectivity index (χ2n) is 7.81. The number of nitrogens with zero attached hydrogens (tertiary/aromatic N) is 2. The fourth-order valence-electron chi connectivity index (χ4n) is 4.56. The van der Waals surface area contributed by atoms with Crippen LogP contribution in [0.1, 0.15) is 12.0 Å². The van der Waals surface area contributed by atoms with Crippen molar-refractivity contribution in [1.82, 2.24) is 9.97 Å². The van der Waals surface area contributed by atoms with Crippen LogP contribution in [-0.4, -0.2) is 9.97 Å². The lowest BCUT2D eigenvalue weighted by Crippen LogP contribution is -2.40. The van der Waals surface area contributed by atoms with Crippen molar-refractivity contribution in [3.05, 3.63) is 125 Å². The molecule has 2 heterocycles. The van der Waals surface area contributed by atoms with E-state index in [4.69, 9.17) is 9.72 Å². The quantitative estimate of drug-likeness (QED) is 0.507. The van der Waals surface area contributed by atoms with Gasteiger partial charge in [-0.1, -0.05) is 54.6 Å². The summed E-state index contributed by atoms with van der Waals surface area (Å²) in [6, 6.07) is 24.7. The molecule has 1 atom stereocenters. The summed E-state index contributed by atoms with van der Waals surface area (Å²) in [6.07, 6.45) is 11.1. The molecule has 2 aromatic carbocycles. The van der Waals surface area contributed by atoms with E-state index in [0.717, 1.165) is 39.4 Å². The summed E-state index contributed by atoms with van der Waals surface area (Å²) >= 11 is 0. The van der Waals surface area contributed by atoms with Gasteiger partial charge in [-0.25, -0.2) is 0 Å². The molecule has 0 aliphatic heterocycles. The second kappa shape index (κ2) is 7.37. The maximum absolute atomic E-state index is 6.56. The van der Waals surface area contributed by atoms with E-state index in [1.54, 1.807) is 0 Å². The van der Waals surface area contributed by atoms with Crippen molar-refractivity contribution in [1.29, 1.82) is 0 Å². The highest BCUT2D eigenvalue weighted by Crippen LogP contribution is 2.38. The molecule has 0 saturated heterocycles. The lowest BCUT2D eigenvalue weighted by molar-refractivity contribution is 0.496. The first-order valence-corrected chi connectivity index (χ1v) is 10.5. The van der Waals surface area contributed by atoms with Gasteiger partial charge in [0, 0.05) is 40.6 Å². The molecule has 0 amide bonds. The molecule has 6 rings (SSSR count). The molecule has 3 heteroatoms. The highest BCUT2D eigenvalue weighted by Gasteiger charge is 2.30. The Kier molecular flexibility index (Phi) is 4.24. The third-order valence-electron chi connectivity index (χ3n) is 5.96. The van der Waals surface area contributed by atoms with Gasteiger partial charge in [-0.2, -0.15) is 0 Å². The molecule has 148 valence electrons. The largest absolute Gasteiger partial charge is 0.456 e. The molecular weight excluding hydrogens is 380 g/mol. The zero-order valence-corrected chi connectivity index (χ0v) is 16.9. The summed E-state index contributed by atoms with van der Waals surface area (Å²) in [5.74, 6) is 1.88. The highest BCUT2D eigenvalue weighted by atomic mass is 16.5. The lowest BCUT2D eigenvalue weighted by atomic mass is 9.77. The number of fused-ring (bicyclic) bond motifs is 3. The Morgan fingerprint density at radius 1 is 0.839 bits per heavy atom. The van der Waals surface area contributed by atoms with Crippen LogP contribution in [0.2, 0.25) is 0 Å². The molecule has 3 nitrogen and oxygen atoms in total. The number of ether oxygens (including phenoxy) is 1. The van der Waals surface area contributed by atoms with Crippen LogP contribution in [0.3, 0.4) is 0 Å². The van der Waals surface area contributed by atoms with Gasteiger partial charge in [-0.05, 0) is 47.9 Å². The van der Waals surface area contributed by atoms with Gasteiger partial charge >= 0.3 is 0 Å². The van der Waals surface area contributed by atoms with Crippen molar-refractivity contribution in [2.24, 2.45) is 5.92 Å². The zero-order chi connectivity index (χ0) is 20.6. The first-order chi connectivity index (χ1) is 15.4. The maximum Gasteiger partial charge on any atom is 0.140 e. The van der Waals surface area contributed by atoms with Crippen LogP contribution in [0.5, 0.6) is 5.75 Å². The minimum absolute atomic E-state index is 0.211. The van der Waals surface area contributed by atoms with E-state index in [0.29, 0.717) is 0 Å². The van der Waals surface area contributed by atoms with Gasteiger partial charge < -0.3 is 4.74 Å². The predicted octanol–water partition coefficient (Wildman–Crippen LogP) is 4.53. The van der Waals surface area contributed by atoms with E-state index in [-0.39, 0.29) is 5.92 Å². The Balaban J connectivity index is 1.61. The molecule has 0 radical (unpaired) electrons. The molecular formula is C28H20N2O. The van der Waals surface area contributed by atoms with Crippen molar-refractivity contribution < 1.29 is 4.74 Å². The smallest absolute Gasteiger partial charge is 0.140 e. The molecule has 31 heavy (non-hydrogen) atoms. The summed E-state index contributed by atoms with van der Waals surface area (Å²) in [7, 11) is 0. The molecule has 0 N–H and O–H groups in total. The van der Waals surface area contributed by atoms with Crippen LogP contribution < -0.4 is 15.3 Å². The average molecular weight is 400 g/mol. The third-order valence-corrected chi connectivity index (χ3v) is 5.96. The average Bonchev–Trinajstić information content (AvgIpc) is 2.84. The SMILES string of the molecule is C1=CCC2C(=C1)C(Oc1ccc3cccnc3c1)=c1cccnc1=C2c1ccccc1. The number of hydrogen-bond acceptors (Lipinski definition) is 3. The van der Waals surface area contributed by atoms with Gasteiger partial charge in [0.25, 0.3) is 0 Å². The van der Waals surface area contributed by atoms with Crippen molar-refractivity contribution in [2.75, 3.05) is 0 Å². The number of aromatic nitrogens is 2. The van der Waals surface area contributed by atoms with Crippen molar-refractivity contribution in [3.63, 3.8) is 0 Å². The van der Waals surface area contributed by atoms with E-state index < -0.39 is 0 Å². The molecule has 2 aromatic heterocycles. The van der Waals surface area contributed by atoms with E-state index in [9.17, 15) is 0 Å². The van der Waals surface area contributed by atoms with Crippen LogP contribution in [0.25, 0.3) is 22.2 Å². The number of allylic oxidation sites excluding steroid dienone is 3. The van der Waals surface area contributed by atoms with E-state index >= 15 is 0 Å². The Labute approximate surface area is 180 Å². The van der Waals surface area contributed by atoms with Gasteiger partial charge in [-0.15, -0.1) is 0 Å². The monoisotopic (exact) mass is 400 g/mol. The minimum atomic E-state index is 0.211. The van der Waals surface area contributed by atoms with Crippen LogP contribution >= 0.6 is 0 Å². The van der Waals surface area contributed by atoms with Gasteiger partial charge in [0.2, 0.25) is 0 Å². The highest BCUT2D eigenvalue weighted by molar-refractivity contribution is 5.82. The van der Waals surface area contributed by atoms with Crippen LogP contribution in [0, 0.1) is 5.92 Å². The van der Waals surface area contributed by atoms with Gasteiger partial charge in [0.05, 0.1) is 10.9 Å².